The van der Waals surface area contributed by atoms with Crippen molar-refractivity contribution in [3.05, 3.63) is 10.5 Å². The smallest absolute Gasteiger partial charge is 0.327 e. The van der Waals surface area contributed by atoms with Crippen LogP contribution in [0.15, 0.2) is 4.79 Å². The molecular weight excluding hydrogens is 160 g/mol. The zero-order valence-corrected chi connectivity index (χ0v) is 6.03. The fraction of sp³-hybridized carbons (Fsp3) is 0.333. The van der Waals surface area contributed by atoms with Crippen molar-refractivity contribution in [2.45, 2.75) is 6.04 Å². The number of imidazole rings is 1. The molecule has 6 heteroatoms. The van der Waals surface area contributed by atoms with Crippen LogP contribution < -0.4 is 10.6 Å². The topological polar surface area (TPSA) is 95.7 Å². The molecule has 3 N–H and O–H groups in total. The summed E-state index contributed by atoms with van der Waals surface area (Å²) >= 11 is 0. The van der Waals surface area contributed by atoms with E-state index in [1.807, 2.05) is 6.07 Å². The van der Waals surface area contributed by atoms with E-state index in [2.05, 4.69) is 9.97 Å². The molecule has 62 valence electrons. The highest BCUT2D eigenvalue weighted by atomic mass is 16.3. The number of aromatic amines is 2. The van der Waals surface area contributed by atoms with Gasteiger partial charge in [-0.25, -0.2) is 4.79 Å². The van der Waals surface area contributed by atoms with Crippen LogP contribution in [0.4, 0.5) is 5.82 Å². The van der Waals surface area contributed by atoms with Crippen molar-refractivity contribution in [1.82, 2.24) is 9.97 Å². The van der Waals surface area contributed by atoms with E-state index in [0.29, 0.717) is 12.4 Å². The van der Waals surface area contributed by atoms with Crippen LogP contribution in [-0.2, 0) is 0 Å². The van der Waals surface area contributed by atoms with Crippen molar-refractivity contribution in [1.29, 1.82) is 5.26 Å². The van der Waals surface area contributed by atoms with Gasteiger partial charge in [0.2, 0.25) is 5.88 Å². The van der Waals surface area contributed by atoms with Crippen LogP contribution in [0.2, 0.25) is 0 Å². The molecule has 6 nitrogen and oxygen atoms in total. The Morgan fingerprint density at radius 3 is 2.83 bits per heavy atom. The van der Waals surface area contributed by atoms with E-state index in [4.69, 9.17) is 10.4 Å². The molecule has 0 bridgehead atoms. The van der Waals surface area contributed by atoms with Crippen LogP contribution in [-0.4, -0.2) is 27.7 Å². The molecule has 0 radical (unpaired) electrons. The molecule has 0 spiro atoms. The molecule has 0 aromatic carbocycles. The Balaban J connectivity index is 2.32. The number of nitrogens with one attached hydrogen (secondary N) is 2. The first-order valence-corrected chi connectivity index (χ1v) is 3.40. The van der Waals surface area contributed by atoms with Gasteiger partial charge in [0.25, 0.3) is 0 Å². The largest absolute Gasteiger partial charge is 0.492 e. The lowest BCUT2D eigenvalue weighted by molar-refractivity contribution is 0.457. The summed E-state index contributed by atoms with van der Waals surface area (Å²) in [5, 5.41) is 17.6. The normalized spacial score (nSPS) is 20.6. The second-order valence-electron chi connectivity index (χ2n) is 2.57. The highest BCUT2D eigenvalue weighted by Gasteiger charge is 2.37. The van der Waals surface area contributed by atoms with Gasteiger partial charge < -0.3 is 10.0 Å². The second kappa shape index (κ2) is 2.04. The number of nitriles is 1. The SMILES string of the molecule is N#CC1CN1c1[nH]c(=O)[nH]c1O. The number of aromatic nitrogens is 2. The van der Waals surface area contributed by atoms with E-state index in [0.717, 1.165) is 0 Å². The zero-order valence-electron chi connectivity index (χ0n) is 6.03. The van der Waals surface area contributed by atoms with Gasteiger partial charge in [-0.2, -0.15) is 5.26 Å². The molecule has 0 amide bonds. The average molecular weight is 166 g/mol. The Kier molecular flexibility index (Phi) is 1.16. The molecule has 0 saturated carbocycles. The molecular formula is C6H6N4O2. The van der Waals surface area contributed by atoms with E-state index >= 15 is 0 Å². The summed E-state index contributed by atoms with van der Waals surface area (Å²) in [6, 6.07) is 1.78. The number of nitrogens with zero attached hydrogens (tertiary/aromatic N) is 2. The van der Waals surface area contributed by atoms with Gasteiger partial charge in [0.1, 0.15) is 6.04 Å². The lowest BCUT2D eigenvalue weighted by atomic mass is 10.5. The number of rotatable bonds is 1. The van der Waals surface area contributed by atoms with Crippen molar-refractivity contribution in [2.24, 2.45) is 0 Å². The number of hydrogen-bond donors (Lipinski definition) is 3. The Hall–Kier alpha value is -1.90. The third-order valence-corrected chi connectivity index (χ3v) is 1.74. The van der Waals surface area contributed by atoms with Crippen molar-refractivity contribution in [2.75, 3.05) is 11.4 Å². The number of anilines is 1. The highest BCUT2D eigenvalue weighted by molar-refractivity contribution is 5.56. The first-order valence-electron chi connectivity index (χ1n) is 3.40. The van der Waals surface area contributed by atoms with E-state index < -0.39 is 5.69 Å². The molecule has 2 heterocycles. The Bertz CT molecular complexity index is 398. The molecule has 1 unspecified atom stereocenters. The van der Waals surface area contributed by atoms with E-state index in [1.54, 1.807) is 4.90 Å². The Morgan fingerprint density at radius 2 is 2.42 bits per heavy atom. The lowest BCUT2D eigenvalue weighted by Crippen LogP contribution is -2.03. The van der Waals surface area contributed by atoms with Gasteiger partial charge in [0, 0.05) is 0 Å². The monoisotopic (exact) mass is 166 g/mol. The van der Waals surface area contributed by atoms with Crippen LogP contribution >= 0.6 is 0 Å². The van der Waals surface area contributed by atoms with Crippen LogP contribution in [0.1, 0.15) is 0 Å². The summed E-state index contributed by atoms with van der Waals surface area (Å²) in [4.78, 5) is 16.8. The molecule has 12 heavy (non-hydrogen) atoms. The fourth-order valence-electron chi connectivity index (χ4n) is 1.07. The molecule has 1 atom stereocenters. The standard InChI is InChI=1S/C6H6N4O2/c7-1-3-2-10(3)4-5(11)9-6(12)8-4/h3,11H,2H2,(H2,8,9,12). The maximum absolute atomic E-state index is 10.7. The summed E-state index contributed by atoms with van der Waals surface area (Å²) in [5.41, 5.74) is -0.467. The third-order valence-electron chi connectivity index (χ3n) is 1.74. The average Bonchev–Trinajstić information content (AvgIpc) is 2.72. The first-order chi connectivity index (χ1) is 5.72. The minimum Gasteiger partial charge on any atom is -0.492 e. The van der Waals surface area contributed by atoms with Gasteiger partial charge in [-0.3, -0.25) is 9.97 Å². The van der Waals surface area contributed by atoms with Crippen molar-refractivity contribution < 1.29 is 5.11 Å². The minimum atomic E-state index is -0.467. The molecule has 1 aromatic rings. The molecule has 2 rings (SSSR count). The van der Waals surface area contributed by atoms with E-state index in [9.17, 15) is 4.79 Å². The maximum Gasteiger partial charge on any atom is 0.327 e. The van der Waals surface area contributed by atoms with Crippen LogP contribution in [0.5, 0.6) is 5.88 Å². The van der Waals surface area contributed by atoms with E-state index in [-0.39, 0.29) is 11.9 Å². The molecule has 1 aliphatic heterocycles. The van der Waals surface area contributed by atoms with E-state index in [1.165, 1.54) is 0 Å². The predicted molar refractivity (Wildman–Crippen MR) is 39.8 cm³/mol. The number of aromatic hydroxyl groups is 1. The highest BCUT2D eigenvalue weighted by Crippen LogP contribution is 2.30. The Labute approximate surface area is 67.1 Å². The maximum atomic E-state index is 10.7. The van der Waals surface area contributed by atoms with Gasteiger partial charge in [0.15, 0.2) is 5.82 Å². The van der Waals surface area contributed by atoms with Crippen LogP contribution in [0, 0.1) is 11.3 Å². The van der Waals surface area contributed by atoms with Gasteiger partial charge in [-0.1, -0.05) is 0 Å². The third kappa shape index (κ3) is 0.836. The first kappa shape index (κ1) is 6.79. The van der Waals surface area contributed by atoms with Crippen LogP contribution in [0.3, 0.4) is 0 Å². The summed E-state index contributed by atoms with van der Waals surface area (Å²) < 4.78 is 0. The van der Waals surface area contributed by atoms with Crippen molar-refractivity contribution in [3.8, 4) is 11.9 Å². The summed E-state index contributed by atoms with van der Waals surface area (Å²) in [6.45, 7) is 0.553. The molecule has 1 aliphatic rings. The minimum absolute atomic E-state index is 0.210. The summed E-state index contributed by atoms with van der Waals surface area (Å²) in [6.07, 6.45) is 0. The van der Waals surface area contributed by atoms with Crippen molar-refractivity contribution in [3.63, 3.8) is 0 Å². The van der Waals surface area contributed by atoms with Crippen LogP contribution in [0.25, 0.3) is 0 Å². The quantitative estimate of drug-likeness (QED) is 0.472. The number of hydrogen-bond acceptors (Lipinski definition) is 4. The zero-order chi connectivity index (χ0) is 8.72. The van der Waals surface area contributed by atoms with Gasteiger partial charge in [0.05, 0.1) is 12.6 Å². The summed E-state index contributed by atoms with van der Waals surface area (Å²) in [5.74, 6) is 0.0873. The van der Waals surface area contributed by atoms with Gasteiger partial charge in [-0.05, 0) is 0 Å². The van der Waals surface area contributed by atoms with Crippen molar-refractivity contribution >= 4 is 5.82 Å². The van der Waals surface area contributed by atoms with Gasteiger partial charge >= 0.3 is 5.69 Å². The Morgan fingerprint density at radius 1 is 1.67 bits per heavy atom. The fourth-order valence-corrected chi connectivity index (χ4v) is 1.07. The molecule has 0 aliphatic carbocycles. The molecule has 1 fully saturated rings. The predicted octanol–water partition coefficient (Wildman–Crippen LogP) is -0.879. The molecule has 1 saturated heterocycles. The number of H-pyrrole nitrogens is 2. The molecule has 1 aromatic heterocycles. The second-order valence-corrected chi connectivity index (χ2v) is 2.57. The summed E-state index contributed by atoms with van der Waals surface area (Å²) in [7, 11) is 0. The lowest BCUT2D eigenvalue weighted by Gasteiger charge is -1.96. The van der Waals surface area contributed by atoms with Gasteiger partial charge in [-0.15, -0.1) is 0 Å².